The minimum Gasteiger partial charge on any atom is -0.462 e. The van der Waals surface area contributed by atoms with E-state index in [2.05, 4.69) is 42.2 Å². The number of hydrogen-bond acceptors (Lipinski definition) is 8. The van der Waals surface area contributed by atoms with Gasteiger partial charge in [0, 0.05) is 39.4 Å². The number of ether oxygens (including phenoxy) is 2. The fraction of sp³-hybridized carbons (Fsp3) is 0.268. The summed E-state index contributed by atoms with van der Waals surface area (Å²) in [5.74, 6) is -1.68. The van der Waals surface area contributed by atoms with Crippen LogP contribution in [0, 0.1) is 0 Å². The second-order valence-corrected chi connectivity index (χ2v) is 15.1. The number of hydrogen-bond donors (Lipinski definition) is 0. The van der Waals surface area contributed by atoms with Crippen LogP contribution < -0.4 is 4.90 Å². The maximum absolute atomic E-state index is 14.5. The Hall–Kier alpha value is -4.80. The molecule has 0 fully saturated rings. The summed E-state index contributed by atoms with van der Waals surface area (Å²) < 4.78 is 40.9. The van der Waals surface area contributed by atoms with Gasteiger partial charge in [-0.3, -0.25) is 0 Å². The van der Waals surface area contributed by atoms with Crippen LogP contribution in [-0.2, 0) is 35.5 Å². The molecule has 0 atom stereocenters. The Morgan fingerprint density at radius 3 is 2.14 bits per heavy atom. The molecule has 1 aliphatic heterocycles. The number of nitrogens with zero attached hydrogens (tertiary/aromatic N) is 2. The molecular weight excluding hydrogens is 681 g/mol. The summed E-state index contributed by atoms with van der Waals surface area (Å²) in [6.45, 7) is 6.53. The molecular formula is C41H42N2O6S2. The van der Waals surface area contributed by atoms with Crippen LogP contribution in [0.2, 0.25) is 0 Å². The zero-order chi connectivity index (χ0) is 36.0. The minimum atomic E-state index is -4.13. The highest BCUT2D eigenvalue weighted by molar-refractivity contribution is 7.99. The molecule has 0 aliphatic carbocycles. The van der Waals surface area contributed by atoms with Crippen LogP contribution in [0.1, 0.15) is 63.3 Å². The third-order valence-corrected chi connectivity index (χ3v) is 11.7. The molecule has 8 nitrogen and oxygen atoms in total. The van der Waals surface area contributed by atoms with Crippen LogP contribution in [0.5, 0.6) is 0 Å². The molecule has 1 aromatic heterocycles. The van der Waals surface area contributed by atoms with E-state index in [0.717, 1.165) is 40.4 Å². The highest BCUT2D eigenvalue weighted by Gasteiger charge is 2.30. The van der Waals surface area contributed by atoms with Gasteiger partial charge in [-0.25, -0.2) is 22.0 Å². The Balaban J connectivity index is 1.53. The Kier molecular flexibility index (Phi) is 11.3. The number of esters is 2. The minimum absolute atomic E-state index is 0.0537. The van der Waals surface area contributed by atoms with Gasteiger partial charge in [-0.1, -0.05) is 92.5 Å². The van der Waals surface area contributed by atoms with Gasteiger partial charge < -0.3 is 14.4 Å². The number of rotatable bonds is 14. The van der Waals surface area contributed by atoms with Gasteiger partial charge in [0.2, 0.25) is 0 Å². The smallest absolute Gasteiger partial charge is 0.345 e. The van der Waals surface area contributed by atoms with Crippen LogP contribution in [-0.4, -0.2) is 44.1 Å². The van der Waals surface area contributed by atoms with Crippen molar-refractivity contribution in [3.05, 3.63) is 119 Å². The number of carbonyl (C=O) groups is 2. The average Bonchev–Trinajstić information content (AvgIpc) is 3.45. The van der Waals surface area contributed by atoms with Gasteiger partial charge in [0.05, 0.1) is 35.0 Å². The summed E-state index contributed by atoms with van der Waals surface area (Å²) in [6.07, 6.45) is 6.21. The third-order valence-electron chi connectivity index (χ3n) is 8.83. The first-order valence-electron chi connectivity index (χ1n) is 17.4. The molecule has 10 heteroatoms. The average molecular weight is 723 g/mol. The lowest BCUT2D eigenvalue weighted by Crippen LogP contribution is -2.22. The van der Waals surface area contributed by atoms with Crippen molar-refractivity contribution >= 4 is 62.1 Å². The molecule has 51 heavy (non-hydrogen) atoms. The first-order valence-corrected chi connectivity index (χ1v) is 19.7. The van der Waals surface area contributed by atoms with Crippen molar-refractivity contribution in [3.8, 4) is 0 Å². The lowest BCUT2D eigenvalue weighted by Gasteiger charge is -2.33. The second-order valence-electron chi connectivity index (χ2n) is 12.2. The summed E-state index contributed by atoms with van der Waals surface area (Å²) in [4.78, 5) is 31.1. The molecule has 6 rings (SSSR count). The molecule has 1 aliphatic rings. The van der Waals surface area contributed by atoms with Crippen molar-refractivity contribution in [1.82, 2.24) is 3.97 Å². The highest BCUT2D eigenvalue weighted by Crippen LogP contribution is 2.48. The maximum Gasteiger partial charge on any atom is 0.345 e. The fourth-order valence-corrected chi connectivity index (χ4v) is 9.21. The van der Waals surface area contributed by atoms with Crippen molar-refractivity contribution in [2.75, 3.05) is 24.7 Å². The normalized spacial score (nSPS) is 12.3. The second kappa shape index (κ2) is 16.0. The van der Waals surface area contributed by atoms with E-state index in [1.165, 1.54) is 28.6 Å². The first kappa shape index (κ1) is 36.0. The predicted molar refractivity (Wildman–Crippen MR) is 203 cm³/mol. The fourth-order valence-electron chi connectivity index (χ4n) is 6.47. The van der Waals surface area contributed by atoms with Crippen LogP contribution >= 0.6 is 11.8 Å². The van der Waals surface area contributed by atoms with Crippen molar-refractivity contribution in [2.24, 2.45) is 0 Å². The zero-order valence-corrected chi connectivity index (χ0v) is 30.8. The molecule has 0 N–H and O–H groups in total. The van der Waals surface area contributed by atoms with E-state index in [1.807, 2.05) is 12.1 Å². The molecule has 2 heterocycles. The zero-order valence-electron chi connectivity index (χ0n) is 29.1. The van der Waals surface area contributed by atoms with Gasteiger partial charge in [-0.05, 0) is 74.4 Å². The van der Waals surface area contributed by atoms with Gasteiger partial charge in [-0.2, -0.15) is 0 Å². The van der Waals surface area contributed by atoms with E-state index in [1.54, 1.807) is 80.2 Å². The maximum atomic E-state index is 14.5. The van der Waals surface area contributed by atoms with Crippen LogP contribution in [0.4, 0.5) is 11.4 Å². The van der Waals surface area contributed by atoms with E-state index < -0.39 is 22.0 Å². The monoisotopic (exact) mass is 722 g/mol. The number of para-hydroxylation sites is 2. The van der Waals surface area contributed by atoms with E-state index in [4.69, 9.17) is 9.47 Å². The van der Waals surface area contributed by atoms with E-state index in [0.29, 0.717) is 22.2 Å². The molecule has 0 radical (unpaired) electrons. The molecule has 264 valence electrons. The van der Waals surface area contributed by atoms with Crippen molar-refractivity contribution in [1.29, 1.82) is 0 Å². The summed E-state index contributed by atoms with van der Waals surface area (Å²) in [5, 5.41) is 0.567. The number of benzene rings is 4. The Morgan fingerprint density at radius 2 is 1.41 bits per heavy atom. The lowest BCUT2D eigenvalue weighted by atomic mass is 10.0. The number of fused-ring (bicyclic) bond motifs is 3. The predicted octanol–water partition coefficient (Wildman–Crippen LogP) is 9.16. The van der Waals surface area contributed by atoms with Gasteiger partial charge in [-0.15, -0.1) is 0 Å². The molecule has 0 bridgehead atoms. The van der Waals surface area contributed by atoms with Gasteiger partial charge in [0.25, 0.3) is 10.0 Å². The highest BCUT2D eigenvalue weighted by atomic mass is 32.2. The van der Waals surface area contributed by atoms with E-state index >= 15 is 0 Å². The Bertz CT molecular complexity index is 2170. The quantitative estimate of drug-likeness (QED) is 0.0368. The number of anilines is 2. The molecule has 0 amide bonds. The summed E-state index contributed by atoms with van der Waals surface area (Å²) in [6, 6.07) is 30.1. The van der Waals surface area contributed by atoms with Gasteiger partial charge in [0.1, 0.15) is 5.57 Å². The number of carbonyl (C=O) groups excluding carboxylic acids is 2. The summed E-state index contributed by atoms with van der Waals surface area (Å²) in [5.41, 5.74) is 4.13. The lowest BCUT2D eigenvalue weighted by molar-refractivity contribution is -0.146. The van der Waals surface area contributed by atoms with Crippen molar-refractivity contribution in [2.45, 2.75) is 67.6 Å². The van der Waals surface area contributed by atoms with Crippen LogP contribution in [0.3, 0.4) is 0 Å². The topological polar surface area (TPSA) is 94.9 Å². The Labute approximate surface area is 304 Å². The molecule has 0 saturated heterocycles. The number of unbranched alkanes of at least 4 members (excludes halogenated alkanes) is 3. The summed E-state index contributed by atoms with van der Waals surface area (Å²) >= 11 is 1.70. The van der Waals surface area contributed by atoms with Gasteiger partial charge in [0.15, 0.2) is 0 Å². The van der Waals surface area contributed by atoms with E-state index in [-0.39, 0.29) is 30.1 Å². The largest absolute Gasteiger partial charge is 0.462 e. The SMILES string of the molecule is CCCCCCN1c2ccccc2Sc2cc(Cc3c(C=C(C(=O)OCC)C(=O)OCC)c4ccccc4n3S(=O)(=O)c3ccccc3)ccc21. The standard InChI is InChI=1S/C41H42N2O6S2/c1-4-7-8-16-25-42-35-21-14-15-22-38(35)50-39-27-29(23-24-36(39)42)26-37-32(28-33(40(44)48-5-2)41(45)49-6-3)31-19-12-13-20-34(31)43(37)51(46,47)30-17-10-9-11-18-30/h9-15,17-24,27-28H,4-8,16,25-26H2,1-3H3. The van der Waals surface area contributed by atoms with Gasteiger partial charge >= 0.3 is 11.9 Å². The first-order chi connectivity index (χ1) is 24.8. The molecule has 0 spiro atoms. The van der Waals surface area contributed by atoms with E-state index in [9.17, 15) is 18.0 Å². The number of aromatic nitrogens is 1. The third kappa shape index (κ3) is 7.48. The van der Waals surface area contributed by atoms with Crippen molar-refractivity contribution in [3.63, 3.8) is 0 Å². The Morgan fingerprint density at radius 1 is 0.745 bits per heavy atom. The molecule has 5 aromatic rings. The van der Waals surface area contributed by atoms with Crippen LogP contribution in [0.15, 0.2) is 117 Å². The molecule has 4 aromatic carbocycles. The molecule has 0 saturated carbocycles. The summed E-state index contributed by atoms with van der Waals surface area (Å²) in [7, 11) is -4.13. The molecule has 0 unspecified atom stereocenters. The van der Waals surface area contributed by atoms with Crippen LogP contribution in [0.25, 0.3) is 17.0 Å². The van der Waals surface area contributed by atoms with Crippen molar-refractivity contribution < 1.29 is 27.5 Å².